The van der Waals surface area contributed by atoms with Gasteiger partial charge in [0.05, 0.1) is 27.5 Å². The van der Waals surface area contributed by atoms with Crippen molar-refractivity contribution in [3.05, 3.63) is 52.5 Å². The van der Waals surface area contributed by atoms with Crippen molar-refractivity contribution in [3.8, 4) is 17.2 Å². The van der Waals surface area contributed by atoms with Crippen LogP contribution < -0.4 is 14.2 Å². The average molecular weight is 404 g/mol. The number of benzene rings is 2. The number of rotatable bonds is 7. The third-order valence-electron chi connectivity index (χ3n) is 4.76. The number of nitrogens with zero attached hydrogens (tertiary/aromatic N) is 3. The Bertz CT molecular complexity index is 795. The lowest BCUT2D eigenvalue weighted by molar-refractivity contribution is 0.131. The van der Waals surface area contributed by atoms with E-state index in [2.05, 4.69) is 21.1 Å². The molecule has 1 fully saturated rings. The summed E-state index contributed by atoms with van der Waals surface area (Å²) in [5.74, 6) is 1.82. The molecule has 0 spiro atoms. The molecule has 0 unspecified atom stereocenters. The van der Waals surface area contributed by atoms with Crippen LogP contribution in [-0.2, 0) is 6.54 Å². The van der Waals surface area contributed by atoms with Gasteiger partial charge in [-0.25, -0.2) is 0 Å². The standard InChI is InChI=1S/C21H26ClN3O3/c1-26-19-12-16(13-20(27-2)21(19)28-3)14-23-25-10-8-24(9-11-25)15-17-6-4-5-7-18(17)22/h4-7,12-14H,8-11,15H2,1-3H3/b23-14-. The van der Waals surface area contributed by atoms with Crippen molar-refractivity contribution in [2.45, 2.75) is 6.54 Å². The van der Waals surface area contributed by atoms with Gasteiger partial charge in [0.25, 0.3) is 0 Å². The molecule has 0 saturated carbocycles. The number of halogens is 1. The first-order valence-electron chi connectivity index (χ1n) is 9.19. The molecule has 28 heavy (non-hydrogen) atoms. The Balaban J connectivity index is 1.60. The van der Waals surface area contributed by atoms with E-state index in [9.17, 15) is 0 Å². The summed E-state index contributed by atoms with van der Waals surface area (Å²) in [6, 6.07) is 11.8. The quantitative estimate of drug-likeness (QED) is 0.662. The van der Waals surface area contributed by atoms with Crippen LogP contribution in [0.25, 0.3) is 0 Å². The number of hydrogen-bond acceptors (Lipinski definition) is 6. The van der Waals surface area contributed by atoms with Gasteiger partial charge in [-0.05, 0) is 23.8 Å². The summed E-state index contributed by atoms with van der Waals surface area (Å²) < 4.78 is 16.1. The van der Waals surface area contributed by atoms with Gasteiger partial charge in [0, 0.05) is 43.3 Å². The Morgan fingerprint density at radius 1 is 0.964 bits per heavy atom. The van der Waals surface area contributed by atoms with Crippen LogP contribution in [0.1, 0.15) is 11.1 Å². The van der Waals surface area contributed by atoms with E-state index in [0.717, 1.165) is 43.3 Å². The Hall–Kier alpha value is -2.44. The molecule has 0 radical (unpaired) electrons. The van der Waals surface area contributed by atoms with Gasteiger partial charge in [0.15, 0.2) is 11.5 Å². The number of ether oxygens (including phenoxy) is 3. The van der Waals surface area contributed by atoms with Crippen LogP contribution in [0.3, 0.4) is 0 Å². The summed E-state index contributed by atoms with van der Waals surface area (Å²) in [7, 11) is 4.81. The van der Waals surface area contributed by atoms with E-state index in [1.54, 1.807) is 21.3 Å². The van der Waals surface area contributed by atoms with Crippen molar-refractivity contribution in [2.24, 2.45) is 5.10 Å². The SMILES string of the molecule is COc1cc(/C=N\N2CCN(Cc3ccccc3Cl)CC2)cc(OC)c1OC. The fraction of sp³-hybridized carbons (Fsp3) is 0.381. The summed E-state index contributed by atoms with van der Waals surface area (Å²) in [4.78, 5) is 2.40. The van der Waals surface area contributed by atoms with Crippen LogP contribution in [0, 0.1) is 0 Å². The fourth-order valence-corrected chi connectivity index (χ4v) is 3.40. The molecule has 3 rings (SSSR count). The van der Waals surface area contributed by atoms with Crippen LogP contribution in [-0.4, -0.2) is 63.6 Å². The highest BCUT2D eigenvalue weighted by Gasteiger charge is 2.17. The van der Waals surface area contributed by atoms with Gasteiger partial charge in [-0.3, -0.25) is 9.91 Å². The van der Waals surface area contributed by atoms with E-state index in [-0.39, 0.29) is 0 Å². The second-order valence-corrected chi connectivity index (χ2v) is 6.93. The molecule has 1 saturated heterocycles. The summed E-state index contributed by atoms with van der Waals surface area (Å²) in [5.41, 5.74) is 2.06. The van der Waals surface area contributed by atoms with Gasteiger partial charge >= 0.3 is 0 Å². The number of hydrazone groups is 1. The van der Waals surface area contributed by atoms with Gasteiger partial charge in [0.1, 0.15) is 0 Å². The minimum absolute atomic E-state index is 0.579. The lowest BCUT2D eigenvalue weighted by Gasteiger charge is -2.33. The van der Waals surface area contributed by atoms with E-state index in [1.165, 1.54) is 5.56 Å². The van der Waals surface area contributed by atoms with E-state index >= 15 is 0 Å². The third kappa shape index (κ3) is 4.88. The summed E-state index contributed by atoms with van der Waals surface area (Å²) in [6.45, 7) is 4.48. The Labute approximate surface area is 171 Å². The predicted molar refractivity (Wildman–Crippen MR) is 112 cm³/mol. The van der Waals surface area contributed by atoms with E-state index in [4.69, 9.17) is 25.8 Å². The smallest absolute Gasteiger partial charge is 0.203 e. The Kier molecular flexibility index (Phi) is 7.01. The van der Waals surface area contributed by atoms with Crippen LogP contribution in [0.5, 0.6) is 17.2 Å². The molecule has 0 atom stereocenters. The summed E-state index contributed by atoms with van der Waals surface area (Å²) in [5, 5.41) is 7.52. The zero-order valence-electron chi connectivity index (χ0n) is 16.5. The normalized spacial score (nSPS) is 15.1. The van der Waals surface area contributed by atoms with Crippen molar-refractivity contribution in [2.75, 3.05) is 47.5 Å². The first-order chi connectivity index (χ1) is 13.6. The zero-order valence-corrected chi connectivity index (χ0v) is 17.3. The van der Waals surface area contributed by atoms with Crippen molar-refractivity contribution < 1.29 is 14.2 Å². The van der Waals surface area contributed by atoms with E-state index in [0.29, 0.717) is 17.2 Å². The van der Waals surface area contributed by atoms with Crippen molar-refractivity contribution >= 4 is 17.8 Å². The zero-order chi connectivity index (χ0) is 19.9. The van der Waals surface area contributed by atoms with Crippen LogP contribution >= 0.6 is 11.6 Å². The van der Waals surface area contributed by atoms with Gasteiger partial charge in [-0.2, -0.15) is 5.10 Å². The molecule has 1 aliphatic heterocycles. The molecular weight excluding hydrogens is 378 g/mol. The molecule has 150 valence electrons. The number of hydrogen-bond donors (Lipinski definition) is 0. The highest BCUT2D eigenvalue weighted by atomic mass is 35.5. The number of methoxy groups -OCH3 is 3. The van der Waals surface area contributed by atoms with Crippen LogP contribution in [0.15, 0.2) is 41.5 Å². The minimum Gasteiger partial charge on any atom is -0.493 e. The molecule has 6 nitrogen and oxygen atoms in total. The molecule has 0 bridgehead atoms. The first-order valence-corrected chi connectivity index (χ1v) is 9.57. The molecule has 1 heterocycles. The second-order valence-electron chi connectivity index (χ2n) is 6.52. The lowest BCUT2D eigenvalue weighted by atomic mass is 10.2. The highest BCUT2D eigenvalue weighted by molar-refractivity contribution is 6.31. The molecule has 0 amide bonds. The van der Waals surface area contributed by atoms with Gasteiger partial charge in [0.2, 0.25) is 5.75 Å². The first kappa shape index (κ1) is 20.3. The molecule has 2 aromatic carbocycles. The molecule has 0 aliphatic carbocycles. The molecule has 7 heteroatoms. The van der Waals surface area contributed by atoms with Gasteiger partial charge < -0.3 is 14.2 Å². The number of piperazine rings is 1. The molecule has 0 N–H and O–H groups in total. The highest BCUT2D eigenvalue weighted by Crippen LogP contribution is 2.37. The minimum atomic E-state index is 0.579. The van der Waals surface area contributed by atoms with E-state index < -0.39 is 0 Å². The maximum atomic E-state index is 6.27. The van der Waals surface area contributed by atoms with Crippen molar-refractivity contribution in [3.63, 3.8) is 0 Å². The third-order valence-corrected chi connectivity index (χ3v) is 5.13. The Morgan fingerprint density at radius 2 is 1.61 bits per heavy atom. The van der Waals surface area contributed by atoms with Crippen LogP contribution in [0.4, 0.5) is 0 Å². The topological polar surface area (TPSA) is 46.5 Å². The second kappa shape index (κ2) is 9.66. The summed E-state index contributed by atoms with van der Waals surface area (Å²) in [6.07, 6.45) is 1.83. The van der Waals surface area contributed by atoms with Crippen molar-refractivity contribution in [1.29, 1.82) is 0 Å². The monoisotopic (exact) mass is 403 g/mol. The molecule has 1 aliphatic rings. The lowest BCUT2D eigenvalue weighted by Crippen LogP contribution is -2.43. The maximum absolute atomic E-state index is 6.27. The van der Waals surface area contributed by atoms with E-state index in [1.807, 2.05) is 36.5 Å². The average Bonchev–Trinajstić information content (AvgIpc) is 2.74. The van der Waals surface area contributed by atoms with Gasteiger partial charge in [-0.1, -0.05) is 29.8 Å². The molecular formula is C21H26ClN3O3. The maximum Gasteiger partial charge on any atom is 0.203 e. The molecule has 2 aromatic rings. The largest absolute Gasteiger partial charge is 0.493 e. The molecule has 0 aromatic heterocycles. The predicted octanol–water partition coefficient (Wildman–Crippen LogP) is 3.52. The Morgan fingerprint density at radius 3 is 2.18 bits per heavy atom. The van der Waals surface area contributed by atoms with Gasteiger partial charge in [-0.15, -0.1) is 0 Å². The fourth-order valence-electron chi connectivity index (χ4n) is 3.20. The summed E-state index contributed by atoms with van der Waals surface area (Å²) >= 11 is 6.27. The van der Waals surface area contributed by atoms with Crippen molar-refractivity contribution in [1.82, 2.24) is 9.91 Å². The van der Waals surface area contributed by atoms with Crippen LogP contribution in [0.2, 0.25) is 5.02 Å².